The minimum Gasteiger partial charge on any atom is -0.355 e. The van der Waals surface area contributed by atoms with Crippen LogP contribution in [0.5, 0.6) is 0 Å². The first kappa shape index (κ1) is 17.7. The Kier molecular flexibility index (Phi) is 5.41. The van der Waals surface area contributed by atoms with Crippen molar-refractivity contribution in [2.24, 2.45) is 5.92 Å². The Morgan fingerprint density at radius 3 is 2.88 bits per heavy atom. The van der Waals surface area contributed by atoms with Gasteiger partial charge in [0.05, 0.1) is 4.88 Å². The van der Waals surface area contributed by atoms with Crippen LogP contribution in [0.2, 0.25) is 0 Å². The summed E-state index contributed by atoms with van der Waals surface area (Å²) in [6, 6.07) is 6.20. The number of nitrogens with zero attached hydrogens (tertiary/aromatic N) is 1. The Bertz CT molecular complexity index is 776. The van der Waals surface area contributed by atoms with Crippen LogP contribution in [0.3, 0.4) is 0 Å². The van der Waals surface area contributed by atoms with Crippen LogP contribution in [0.15, 0.2) is 23.6 Å². The van der Waals surface area contributed by atoms with Crippen molar-refractivity contribution in [3.63, 3.8) is 0 Å². The second kappa shape index (κ2) is 7.92. The van der Waals surface area contributed by atoms with E-state index < -0.39 is 0 Å². The molecule has 2 amide bonds. The summed E-state index contributed by atoms with van der Waals surface area (Å²) < 4.78 is 0. The van der Waals surface area contributed by atoms with Gasteiger partial charge in [-0.3, -0.25) is 9.59 Å². The third-order valence-electron chi connectivity index (χ3n) is 5.31. The maximum Gasteiger partial charge on any atom is 0.263 e. The number of hydrogen-bond donors (Lipinski definition) is 1. The van der Waals surface area contributed by atoms with Crippen molar-refractivity contribution >= 4 is 34.5 Å². The molecule has 0 saturated carbocycles. The highest BCUT2D eigenvalue weighted by molar-refractivity contribution is 7.14. The van der Waals surface area contributed by atoms with Gasteiger partial charge in [-0.05, 0) is 61.6 Å². The van der Waals surface area contributed by atoms with E-state index in [1.54, 1.807) is 22.7 Å². The van der Waals surface area contributed by atoms with Crippen LogP contribution in [-0.4, -0.2) is 36.3 Å². The normalized spacial score (nSPS) is 19.4. The zero-order valence-electron chi connectivity index (χ0n) is 14.8. The van der Waals surface area contributed by atoms with E-state index in [2.05, 4.69) is 16.8 Å². The summed E-state index contributed by atoms with van der Waals surface area (Å²) in [7, 11) is 0. The van der Waals surface area contributed by atoms with Gasteiger partial charge in [-0.1, -0.05) is 6.07 Å². The van der Waals surface area contributed by atoms with Crippen LogP contribution in [-0.2, 0) is 24.1 Å². The fraction of sp³-hybridized carbons (Fsp3) is 0.500. The van der Waals surface area contributed by atoms with E-state index in [1.165, 1.54) is 15.3 Å². The number of aryl methyl sites for hydroxylation is 1. The van der Waals surface area contributed by atoms with E-state index in [1.807, 2.05) is 17.0 Å². The van der Waals surface area contributed by atoms with Crippen molar-refractivity contribution in [3.8, 4) is 0 Å². The van der Waals surface area contributed by atoms with Gasteiger partial charge in [0.1, 0.15) is 0 Å². The van der Waals surface area contributed by atoms with Crippen molar-refractivity contribution in [3.05, 3.63) is 43.8 Å². The molecule has 1 atom stereocenters. The van der Waals surface area contributed by atoms with E-state index in [0.717, 1.165) is 56.5 Å². The fourth-order valence-electron chi connectivity index (χ4n) is 3.84. The monoisotopic (exact) mass is 388 g/mol. The molecule has 1 aliphatic heterocycles. The van der Waals surface area contributed by atoms with Crippen LogP contribution in [0.25, 0.3) is 0 Å². The largest absolute Gasteiger partial charge is 0.355 e. The number of hydrogen-bond acceptors (Lipinski definition) is 4. The lowest BCUT2D eigenvalue weighted by molar-refractivity contribution is -0.125. The van der Waals surface area contributed by atoms with Crippen LogP contribution in [0, 0.1) is 5.92 Å². The third-order valence-corrected chi connectivity index (χ3v) is 7.47. The quantitative estimate of drug-likeness (QED) is 0.852. The molecule has 138 valence electrons. The first-order valence-corrected chi connectivity index (χ1v) is 11.1. The zero-order valence-corrected chi connectivity index (χ0v) is 16.5. The molecule has 1 saturated heterocycles. The molecule has 1 fully saturated rings. The van der Waals surface area contributed by atoms with E-state index in [9.17, 15) is 9.59 Å². The molecule has 6 heteroatoms. The molecule has 1 N–H and O–H groups in total. The molecule has 1 aliphatic carbocycles. The smallest absolute Gasteiger partial charge is 0.263 e. The Balaban J connectivity index is 1.33. The van der Waals surface area contributed by atoms with Crippen LogP contribution >= 0.6 is 22.7 Å². The van der Waals surface area contributed by atoms with Crippen LogP contribution in [0.1, 0.15) is 44.3 Å². The maximum atomic E-state index is 12.6. The summed E-state index contributed by atoms with van der Waals surface area (Å²) >= 11 is 3.37. The molecule has 0 spiro atoms. The van der Waals surface area contributed by atoms with Crippen molar-refractivity contribution in [2.45, 2.75) is 38.5 Å². The van der Waals surface area contributed by atoms with Gasteiger partial charge in [0.25, 0.3) is 5.91 Å². The standard InChI is InChI=1S/C20H24N2O2S2/c23-19(21-8-7-16-4-3-11-25-16)14-5-6-17-15(12-14)13-18(26-17)20(24)22-9-1-2-10-22/h3-4,11,13-14H,1-2,5-10,12H2,(H,21,23). The molecule has 4 rings (SSSR count). The number of nitrogens with one attached hydrogen (secondary N) is 1. The van der Waals surface area contributed by atoms with Crippen LogP contribution in [0.4, 0.5) is 0 Å². The Morgan fingerprint density at radius 1 is 1.27 bits per heavy atom. The minimum absolute atomic E-state index is 0.0372. The lowest BCUT2D eigenvalue weighted by Crippen LogP contribution is -2.34. The molecule has 3 heterocycles. The predicted octanol–water partition coefficient (Wildman–Crippen LogP) is 3.51. The highest BCUT2D eigenvalue weighted by atomic mass is 32.1. The number of carbonyl (C=O) groups is 2. The van der Waals surface area contributed by atoms with Crippen molar-refractivity contribution in [1.82, 2.24) is 10.2 Å². The topological polar surface area (TPSA) is 49.4 Å². The summed E-state index contributed by atoms with van der Waals surface area (Å²) in [5.41, 5.74) is 1.21. The molecule has 1 unspecified atom stereocenters. The van der Waals surface area contributed by atoms with Gasteiger partial charge in [-0.2, -0.15) is 0 Å². The maximum absolute atomic E-state index is 12.6. The summed E-state index contributed by atoms with van der Waals surface area (Å²) in [6.45, 7) is 2.47. The number of amides is 2. The van der Waals surface area contributed by atoms with Gasteiger partial charge in [0, 0.05) is 35.3 Å². The van der Waals surface area contributed by atoms with Gasteiger partial charge in [-0.25, -0.2) is 0 Å². The zero-order chi connectivity index (χ0) is 17.9. The summed E-state index contributed by atoms with van der Waals surface area (Å²) in [5, 5.41) is 5.16. The Labute approximate surface area is 162 Å². The molecule has 0 aromatic carbocycles. The number of carbonyl (C=O) groups excluding carboxylic acids is 2. The first-order valence-electron chi connectivity index (χ1n) is 9.41. The molecule has 2 aromatic rings. The molecule has 0 radical (unpaired) electrons. The van der Waals surface area contributed by atoms with Crippen molar-refractivity contribution < 1.29 is 9.59 Å². The lowest BCUT2D eigenvalue weighted by atomic mass is 9.87. The molecular formula is C20H24N2O2S2. The number of thiophene rings is 2. The van der Waals surface area contributed by atoms with Gasteiger partial charge in [0.2, 0.25) is 5.91 Å². The van der Waals surface area contributed by atoms with Crippen molar-refractivity contribution in [1.29, 1.82) is 0 Å². The minimum atomic E-state index is 0.0372. The lowest BCUT2D eigenvalue weighted by Gasteiger charge is -2.21. The molecule has 2 aliphatic rings. The Morgan fingerprint density at radius 2 is 2.12 bits per heavy atom. The van der Waals surface area contributed by atoms with Gasteiger partial charge in [-0.15, -0.1) is 22.7 Å². The van der Waals surface area contributed by atoms with E-state index in [-0.39, 0.29) is 17.7 Å². The number of likely N-dealkylation sites (tertiary alicyclic amines) is 1. The van der Waals surface area contributed by atoms with Gasteiger partial charge < -0.3 is 10.2 Å². The van der Waals surface area contributed by atoms with E-state index in [0.29, 0.717) is 6.54 Å². The molecule has 26 heavy (non-hydrogen) atoms. The van der Waals surface area contributed by atoms with E-state index >= 15 is 0 Å². The highest BCUT2D eigenvalue weighted by Crippen LogP contribution is 2.33. The predicted molar refractivity (Wildman–Crippen MR) is 106 cm³/mol. The van der Waals surface area contributed by atoms with Crippen molar-refractivity contribution in [2.75, 3.05) is 19.6 Å². The summed E-state index contributed by atoms with van der Waals surface area (Å²) in [4.78, 5) is 30.5. The SMILES string of the molecule is O=C(NCCc1cccs1)C1CCc2sc(C(=O)N3CCCC3)cc2C1. The number of rotatable bonds is 5. The third kappa shape index (κ3) is 3.86. The average molecular weight is 389 g/mol. The fourth-order valence-corrected chi connectivity index (χ4v) is 5.72. The summed E-state index contributed by atoms with van der Waals surface area (Å²) in [5.74, 6) is 0.375. The Hall–Kier alpha value is -1.66. The summed E-state index contributed by atoms with van der Waals surface area (Å²) in [6.07, 6.45) is 5.69. The molecule has 2 aromatic heterocycles. The first-order chi connectivity index (χ1) is 12.7. The second-order valence-corrected chi connectivity index (χ2v) is 9.29. The number of fused-ring (bicyclic) bond motifs is 1. The molecular weight excluding hydrogens is 364 g/mol. The molecule has 0 bridgehead atoms. The molecule has 4 nitrogen and oxygen atoms in total. The van der Waals surface area contributed by atoms with Gasteiger partial charge >= 0.3 is 0 Å². The van der Waals surface area contributed by atoms with Gasteiger partial charge in [0.15, 0.2) is 0 Å². The average Bonchev–Trinajstić information content (AvgIpc) is 3.40. The van der Waals surface area contributed by atoms with E-state index in [4.69, 9.17) is 0 Å². The highest BCUT2D eigenvalue weighted by Gasteiger charge is 2.29. The van der Waals surface area contributed by atoms with Crippen LogP contribution < -0.4 is 5.32 Å². The second-order valence-electron chi connectivity index (χ2n) is 7.12.